The molecule has 0 radical (unpaired) electrons. The number of nitrogens with two attached hydrogens (primary N) is 1. The summed E-state index contributed by atoms with van der Waals surface area (Å²) >= 11 is 0. The Morgan fingerprint density at radius 3 is 2.45 bits per heavy atom. The average molecular weight is 614 g/mol. The van der Waals surface area contributed by atoms with Gasteiger partial charge in [0.2, 0.25) is 5.91 Å². The Morgan fingerprint density at radius 2 is 1.80 bits per heavy atom. The molecule has 1 aromatic carbocycles. The zero-order valence-corrected chi connectivity index (χ0v) is 23.5. The highest BCUT2D eigenvalue weighted by atomic mass is 19.4. The molecule has 1 saturated carbocycles. The highest BCUT2D eigenvalue weighted by molar-refractivity contribution is 6.04. The van der Waals surface area contributed by atoms with Gasteiger partial charge in [0.05, 0.1) is 5.56 Å². The molecular weight excluding hydrogens is 585 g/mol. The van der Waals surface area contributed by atoms with E-state index >= 15 is 0 Å². The van der Waals surface area contributed by atoms with Gasteiger partial charge in [0.15, 0.2) is 0 Å². The molecule has 6 rings (SSSR count). The summed E-state index contributed by atoms with van der Waals surface area (Å²) in [5.74, 6) is -5.16. The maximum absolute atomic E-state index is 14.1. The number of aromatic nitrogens is 4. The van der Waals surface area contributed by atoms with Crippen LogP contribution in [0.3, 0.4) is 0 Å². The number of nitrogens with one attached hydrogen (secondary N) is 1. The van der Waals surface area contributed by atoms with Crippen molar-refractivity contribution >= 4 is 29.0 Å². The van der Waals surface area contributed by atoms with Gasteiger partial charge in [-0.3, -0.25) is 14.0 Å². The van der Waals surface area contributed by atoms with Crippen LogP contribution < -0.4 is 11.1 Å². The van der Waals surface area contributed by atoms with E-state index in [-0.39, 0.29) is 48.5 Å². The smallest absolute Gasteiger partial charge is 0.382 e. The third-order valence-electron chi connectivity index (χ3n) is 8.46. The maximum atomic E-state index is 14.1. The third-order valence-corrected chi connectivity index (χ3v) is 8.46. The van der Waals surface area contributed by atoms with Gasteiger partial charge in [-0.25, -0.2) is 23.7 Å². The summed E-state index contributed by atoms with van der Waals surface area (Å²) in [6.07, 6.45) is 0.788. The van der Waals surface area contributed by atoms with Crippen molar-refractivity contribution in [2.24, 2.45) is 5.92 Å². The largest absolute Gasteiger partial charge is 0.416 e. The first-order valence-corrected chi connectivity index (χ1v) is 14.1. The van der Waals surface area contributed by atoms with Crippen LogP contribution in [-0.2, 0) is 11.0 Å². The van der Waals surface area contributed by atoms with E-state index in [2.05, 4.69) is 15.3 Å². The minimum Gasteiger partial charge on any atom is -0.382 e. The van der Waals surface area contributed by atoms with Crippen LogP contribution in [0.5, 0.6) is 0 Å². The molecule has 14 heteroatoms. The number of anilines is 2. The minimum absolute atomic E-state index is 0.169. The molecule has 4 heterocycles. The van der Waals surface area contributed by atoms with Gasteiger partial charge < -0.3 is 16.0 Å². The number of imidazole rings is 1. The topological polar surface area (TPSA) is 119 Å². The molecule has 1 aliphatic carbocycles. The summed E-state index contributed by atoms with van der Waals surface area (Å²) in [4.78, 5) is 40.3. The quantitative estimate of drug-likeness (QED) is 0.276. The molecule has 9 nitrogen and oxygen atoms in total. The third kappa shape index (κ3) is 5.33. The standard InChI is InChI=1S/C30H28F5N7O2/c1-16-2-3-19(15-42(16)28(44)21-8-10-29(21,31)32)26-40-23(24-25(36)38-12-13-41(24)26)17-4-6-18(7-5-17)27(43)39-22-14-20(9-11-37-22)30(33,34)35/h4-7,9,11-14,16,19,21H,2-3,8,10,15H2,1H3,(H2,36,38)(H,37,39,43)/t16-,19+,21?/m1/s1. The van der Waals surface area contributed by atoms with Gasteiger partial charge in [-0.05, 0) is 50.5 Å². The van der Waals surface area contributed by atoms with Crippen molar-refractivity contribution in [3.63, 3.8) is 0 Å². The van der Waals surface area contributed by atoms with E-state index in [0.29, 0.717) is 35.4 Å². The molecule has 1 saturated heterocycles. The van der Waals surface area contributed by atoms with Crippen LogP contribution in [0, 0.1) is 5.92 Å². The Bertz CT molecular complexity index is 1740. The second kappa shape index (κ2) is 10.8. The van der Waals surface area contributed by atoms with Gasteiger partial charge in [-0.1, -0.05) is 12.1 Å². The highest BCUT2D eigenvalue weighted by Gasteiger charge is 2.54. The first-order chi connectivity index (χ1) is 20.8. The van der Waals surface area contributed by atoms with Crippen molar-refractivity contribution in [3.05, 3.63) is 71.9 Å². The Morgan fingerprint density at radius 1 is 1.05 bits per heavy atom. The first kappa shape index (κ1) is 29.5. The number of hydrogen-bond acceptors (Lipinski definition) is 6. The first-order valence-electron chi connectivity index (χ1n) is 14.1. The van der Waals surface area contributed by atoms with Gasteiger partial charge in [-0.15, -0.1) is 0 Å². The lowest BCUT2D eigenvalue weighted by Gasteiger charge is -2.43. The number of benzene rings is 1. The molecule has 44 heavy (non-hydrogen) atoms. The minimum atomic E-state index is -4.58. The van der Waals surface area contributed by atoms with Crippen LogP contribution in [0.15, 0.2) is 55.0 Å². The van der Waals surface area contributed by atoms with Crippen molar-refractivity contribution in [1.29, 1.82) is 0 Å². The number of hydrogen-bond donors (Lipinski definition) is 2. The summed E-state index contributed by atoms with van der Waals surface area (Å²) in [5, 5.41) is 2.37. The predicted octanol–water partition coefficient (Wildman–Crippen LogP) is 5.78. The molecule has 3 atom stereocenters. The lowest BCUT2D eigenvalue weighted by molar-refractivity contribution is -0.175. The fraction of sp³-hybridized carbons (Fsp3) is 0.367. The van der Waals surface area contributed by atoms with Crippen LogP contribution >= 0.6 is 0 Å². The van der Waals surface area contributed by atoms with E-state index in [4.69, 9.17) is 10.7 Å². The van der Waals surface area contributed by atoms with E-state index in [1.165, 1.54) is 18.3 Å². The lowest BCUT2D eigenvalue weighted by Crippen LogP contribution is -2.54. The van der Waals surface area contributed by atoms with E-state index < -0.39 is 35.4 Å². The summed E-state index contributed by atoms with van der Waals surface area (Å²) in [7, 11) is 0. The lowest BCUT2D eigenvalue weighted by atomic mass is 9.78. The number of likely N-dealkylation sites (tertiary alicyclic amines) is 1. The molecule has 3 N–H and O–H groups in total. The summed E-state index contributed by atoms with van der Waals surface area (Å²) in [6, 6.07) is 7.63. The van der Waals surface area contributed by atoms with Crippen LogP contribution in [0.25, 0.3) is 16.8 Å². The molecule has 0 spiro atoms. The van der Waals surface area contributed by atoms with Gasteiger partial charge in [-0.2, -0.15) is 13.2 Å². The molecule has 230 valence electrons. The second-order valence-corrected chi connectivity index (χ2v) is 11.3. The number of rotatable bonds is 5. The van der Waals surface area contributed by atoms with Crippen molar-refractivity contribution in [2.45, 2.75) is 56.7 Å². The number of pyridine rings is 1. The number of carbonyl (C=O) groups excluding carboxylic acids is 2. The summed E-state index contributed by atoms with van der Waals surface area (Å²) in [6.45, 7) is 2.10. The van der Waals surface area contributed by atoms with Crippen molar-refractivity contribution in [2.75, 3.05) is 17.6 Å². The van der Waals surface area contributed by atoms with E-state index in [1.54, 1.807) is 27.6 Å². The molecule has 2 fully saturated rings. The van der Waals surface area contributed by atoms with Crippen LogP contribution in [0.1, 0.15) is 60.3 Å². The Hall–Kier alpha value is -4.62. The molecular formula is C30H28F5N7O2. The maximum Gasteiger partial charge on any atom is 0.416 e. The number of nitrogen functional groups attached to an aromatic ring is 1. The number of nitrogens with zero attached hydrogens (tertiary/aromatic N) is 5. The van der Waals surface area contributed by atoms with E-state index in [0.717, 1.165) is 18.3 Å². The van der Waals surface area contributed by atoms with E-state index in [1.807, 2.05) is 6.92 Å². The molecule has 4 aromatic rings. The molecule has 1 aliphatic heterocycles. The Kier molecular flexibility index (Phi) is 7.25. The van der Waals surface area contributed by atoms with Crippen molar-refractivity contribution < 1.29 is 31.5 Å². The summed E-state index contributed by atoms with van der Waals surface area (Å²) < 4.78 is 69.1. The number of piperidine rings is 1. The SMILES string of the molecule is C[C@@H]1CC[C@H](c2nc(-c3ccc(C(=O)Nc4cc(C(F)(F)F)ccn4)cc3)c3c(N)nccn23)CN1C(=O)C1CCC1(F)F. The Balaban J connectivity index is 1.27. The number of alkyl halides is 5. The predicted molar refractivity (Wildman–Crippen MR) is 151 cm³/mol. The van der Waals surface area contributed by atoms with Crippen LogP contribution in [-0.4, -0.2) is 54.6 Å². The zero-order valence-electron chi connectivity index (χ0n) is 23.5. The van der Waals surface area contributed by atoms with Crippen LogP contribution in [0.2, 0.25) is 0 Å². The van der Waals surface area contributed by atoms with Gasteiger partial charge in [0.1, 0.15) is 34.6 Å². The van der Waals surface area contributed by atoms with Gasteiger partial charge in [0, 0.05) is 54.6 Å². The second-order valence-electron chi connectivity index (χ2n) is 11.3. The molecule has 2 amide bonds. The molecule has 0 bridgehead atoms. The van der Waals surface area contributed by atoms with Gasteiger partial charge in [0.25, 0.3) is 11.8 Å². The highest BCUT2D eigenvalue weighted by Crippen LogP contribution is 2.45. The Labute approximate surface area is 248 Å². The molecule has 1 unspecified atom stereocenters. The van der Waals surface area contributed by atoms with E-state index in [9.17, 15) is 31.5 Å². The average Bonchev–Trinajstić information content (AvgIpc) is 3.37. The van der Waals surface area contributed by atoms with Gasteiger partial charge >= 0.3 is 6.18 Å². The number of halogens is 5. The molecule has 3 aromatic heterocycles. The fourth-order valence-electron chi connectivity index (χ4n) is 5.86. The number of fused-ring (bicyclic) bond motifs is 1. The fourth-order valence-corrected chi connectivity index (χ4v) is 5.86. The zero-order chi connectivity index (χ0) is 31.4. The monoisotopic (exact) mass is 613 g/mol. The summed E-state index contributed by atoms with van der Waals surface area (Å²) in [5.41, 5.74) is 7.07. The van der Waals surface area contributed by atoms with Crippen molar-refractivity contribution in [3.8, 4) is 11.3 Å². The van der Waals surface area contributed by atoms with Crippen LogP contribution in [0.4, 0.5) is 33.6 Å². The van der Waals surface area contributed by atoms with Crippen molar-refractivity contribution in [1.82, 2.24) is 24.3 Å². The number of carbonyl (C=O) groups is 2. The number of amides is 2. The molecule has 2 aliphatic rings. The normalized spacial score (nSPS) is 21.6.